The summed E-state index contributed by atoms with van der Waals surface area (Å²) >= 11 is 11.5. The zero-order valence-electron chi connectivity index (χ0n) is 10.1. The zero-order valence-corrected chi connectivity index (χ0v) is 13.3. The average Bonchev–Trinajstić information content (AvgIpc) is 2.74. The molecule has 0 aliphatic carbocycles. The molecule has 0 saturated carbocycles. The molecule has 1 unspecified atom stereocenters. The number of hydrogen-bond acceptors (Lipinski definition) is 2. The molecule has 1 heterocycles. The van der Waals surface area contributed by atoms with E-state index in [0.717, 1.165) is 18.0 Å². The third-order valence-corrected chi connectivity index (χ3v) is 5.08. The van der Waals surface area contributed by atoms with Crippen LogP contribution in [0.4, 0.5) is 0 Å². The van der Waals surface area contributed by atoms with Crippen LogP contribution in [0.15, 0.2) is 40.2 Å². The van der Waals surface area contributed by atoms with Crippen molar-refractivity contribution in [1.29, 1.82) is 0 Å². The molecule has 0 aliphatic heterocycles. The minimum Gasteiger partial charge on any atom is -0.319 e. The standard InChI is InChI=1S/C14H15BrClNS/c1-17-9-11(8-14-13(15)5-6-18-14)10-3-2-4-12(16)7-10/h2-7,11,17H,8-9H2,1H3. The van der Waals surface area contributed by atoms with Crippen molar-refractivity contribution in [2.75, 3.05) is 13.6 Å². The van der Waals surface area contributed by atoms with Crippen LogP contribution in [0.3, 0.4) is 0 Å². The van der Waals surface area contributed by atoms with Crippen molar-refractivity contribution in [1.82, 2.24) is 5.32 Å². The van der Waals surface area contributed by atoms with Gasteiger partial charge in [0.05, 0.1) is 0 Å². The molecule has 2 rings (SSSR count). The largest absolute Gasteiger partial charge is 0.319 e. The Bertz CT molecular complexity index is 512. The number of benzene rings is 1. The van der Waals surface area contributed by atoms with E-state index >= 15 is 0 Å². The molecule has 1 atom stereocenters. The van der Waals surface area contributed by atoms with Gasteiger partial charge < -0.3 is 5.32 Å². The highest BCUT2D eigenvalue weighted by Gasteiger charge is 2.14. The summed E-state index contributed by atoms with van der Waals surface area (Å²) in [6.45, 7) is 0.949. The molecule has 1 aromatic heterocycles. The molecule has 0 bridgehead atoms. The van der Waals surface area contributed by atoms with Crippen LogP contribution in [0.2, 0.25) is 5.02 Å². The fourth-order valence-electron chi connectivity index (χ4n) is 2.01. The van der Waals surface area contributed by atoms with Crippen LogP contribution in [0, 0.1) is 0 Å². The van der Waals surface area contributed by atoms with Gasteiger partial charge in [-0.3, -0.25) is 0 Å². The number of halogens is 2. The lowest BCUT2D eigenvalue weighted by Gasteiger charge is -2.17. The first-order valence-electron chi connectivity index (χ1n) is 5.82. The minimum absolute atomic E-state index is 0.448. The Kier molecular flexibility index (Phi) is 5.25. The summed E-state index contributed by atoms with van der Waals surface area (Å²) in [5.41, 5.74) is 1.29. The number of hydrogen-bond donors (Lipinski definition) is 1. The van der Waals surface area contributed by atoms with Crippen LogP contribution in [0.1, 0.15) is 16.4 Å². The normalized spacial score (nSPS) is 12.6. The molecule has 0 saturated heterocycles. The summed E-state index contributed by atoms with van der Waals surface area (Å²) in [5.74, 6) is 0.448. The van der Waals surface area contributed by atoms with E-state index in [4.69, 9.17) is 11.6 Å². The highest BCUT2D eigenvalue weighted by atomic mass is 79.9. The van der Waals surface area contributed by atoms with E-state index in [0.29, 0.717) is 5.92 Å². The smallest absolute Gasteiger partial charge is 0.0408 e. The van der Waals surface area contributed by atoms with Gasteiger partial charge in [-0.05, 0) is 58.5 Å². The maximum absolute atomic E-state index is 6.08. The van der Waals surface area contributed by atoms with Gasteiger partial charge in [-0.2, -0.15) is 0 Å². The van der Waals surface area contributed by atoms with Crippen LogP contribution < -0.4 is 5.32 Å². The van der Waals surface area contributed by atoms with E-state index in [2.05, 4.69) is 44.8 Å². The number of nitrogens with one attached hydrogen (secondary N) is 1. The van der Waals surface area contributed by atoms with Crippen molar-refractivity contribution >= 4 is 38.9 Å². The maximum Gasteiger partial charge on any atom is 0.0408 e. The lowest BCUT2D eigenvalue weighted by molar-refractivity contribution is 0.629. The van der Waals surface area contributed by atoms with Gasteiger partial charge in [0.2, 0.25) is 0 Å². The molecule has 2 aromatic rings. The van der Waals surface area contributed by atoms with E-state index in [-0.39, 0.29) is 0 Å². The molecular weight excluding hydrogens is 330 g/mol. The van der Waals surface area contributed by atoms with E-state index in [1.54, 1.807) is 11.3 Å². The first-order chi connectivity index (χ1) is 8.70. The molecule has 1 aromatic carbocycles. The van der Waals surface area contributed by atoms with Crippen LogP contribution >= 0.6 is 38.9 Å². The summed E-state index contributed by atoms with van der Waals surface area (Å²) in [6.07, 6.45) is 1.03. The predicted octanol–water partition coefficient (Wildman–Crippen LogP) is 4.71. The first kappa shape index (κ1) is 14.1. The fourth-order valence-corrected chi connectivity index (χ4v) is 3.80. The van der Waals surface area contributed by atoms with Gasteiger partial charge in [-0.15, -0.1) is 11.3 Å². The molecule has 96 valence electrons. The maximum atomic E-state index is 6.08. The van der Waals surface area contributed by atoms with Gasteiger partial charge in [-0.1, -0.05) is 23.7 Å². The quantitative estimate of drug-likeness (QED) is 0.828. The van der Waals surface area contributed by atoms with Gasteiger partial charge in [0, 0.05) is 26.8 Å². The Morgan fingerprint density at radius 3 is 2.83 bits per heavy atom. The van der Waals surface area contributed by atoms with E-state index in [9.17, 15) is 0 Å². The van der Waals surface area contributed by atoms with Gasteiger partial charge >= 0.3 is 0 Å². The SMILES string of the molecule is CNCC(Cc1sccc1Br)c1cccc(Cl)c1. The van der Waals surface area contributed by atoms with E-state index < -0.39 is 0 Å². The molecular formula is C14H15BrClNS. The van der Waals surface area contributed by atoms with Crippen molar-refractivity contribution in [3.8, 4) is 0 Å². The zero-order chi connectivity index (χ0) is 13.0. The predicted molar refractivity (Wildman–Crippen MR) is 83.8 cm³/mol. The van der Waals surface area contributed by atoms with Crippen molar-refractivity contribution in [2.24, 2.45) is 0 Å². The molecule has 0 fully saturated rings. The molecule has 18 heavy (non-hydrogen) atoms. The van der Waals surface area contributed by atoms with Crippen LogP contribution in [0.5, 0.6) is 0 Å². The molecule has 0 radical (unpaired) electrons. The summed E-state index contributed by atoms with van der Waals surface area (Å²) in [6, 6.07) is 10.3. The lowest BCUT2D eigenvalue weighted by Crippen LogP contribution is -2.19. The van der Waals surface area contributed by atoms with Gasteiger partial charge in [0.15, 0.2) is 0 Å². The van der Waals surface area contributed by atoms with Crippen LogP contribution in [-0.2, 0) is 6.42 Å². The highest BCUT2D eigenvalue weighted by Crippen LogP contribution is 2.30. The number of likely N-dealkylation sites (N-methyl/N-ethyl adjacent to an activating group) is 1. The van der Waals surface area contributed by atoms with Crippen molar-refractivity contribution in [3.63, 3.8) is 0 Å². The molecule has 4 heteroatoms. The molecule has 0 amide bonds. The molecule has 1 nitrogen and oxygen atoms in total. The Morgan fingerprint density at radius 2 is 2.22 bits per heavy atom. The monoisotopic (exact) mass is 343 g/mol. The molecule has 0 aliphatic rings. The van der Waals surface area contributed by atoms with Gasteiger partial charge in [0.25, 0.3) is 0 Å². The fraction of sp³-hybridized carbons (Fsp3) is 0.286. The minimum atomic E-state index is 0.448. The second-order valence-electron chi connectivity index (χ2n) is 4.21. The number of thiophene rings is 1. The second kappa shape index (κ2) is 6.71. The first-order valence-corrected chi connectivity index (χ1v) is 7.87. The third-order valence-electron chi connectivity index (χ3n) is 2.89. The second-order valence-corrected chi connectivity index (χ2v) is 6.50. The van der Waals surface area contributed by atoms with E-state index in [1.807, 2.05) is 19.2 Å². The average molecular weight is 345 g/mol. The Morgan fingerprint density at radius 1 is 1.39 bits per heavy atom. The van der Waals surface area contributed by atoms with Gasteiger partial charge in [0.1, 0.15) is 0 Å². The van der Waals surface area contributed by atoms with E-state index in [1.165, 1.54) is 14.9 Å². The number of rotatable bonds is 5. The van der Waals surface area contributed by atoms with Crippen LogP contribution in [-0.4, -0.2) is 13.6 Å². The Labute approximate surface area is 125 Å². The highest BCUT2D eigenvalue weighted by molar-refractivity contribution is 9.10. The lowest BCUT2D eigenvalue weighted by atomic mass is 9.95. The Balaban J connectivity index is 2.20. The van der Waals surface area contributed by atoms with Crippen molar-refractivity contribution in [2.45, 2.75) is 12.3 Å². The summed E-state index contributed by atoms with van der Waals surface area (Å²) in [5, 5.41) is 6.19. The summed E-state index contributed by atoms with van der Waals surface area (Å²) < 4.78 is 1.20. The van der Waals surface area contributed by atoms with Gasteiger partial charge in [-0.25, -0.2) is 0 Å². The van der Waals surface area contributed by atoms with Crippen molar-refractivity contribution in [3.05, 3.63) is 55.6 Å². The topological polar surface area (TPSA) is 12.0 Å². The Hall–Kier alpha value is -0.350. The van der Waals surface area contributed by atoms with Crippen LogP contribution in [0.25, 0.3) is 0 Å². The molecule has 0 spiro atoms. The van der Waals surface area contributed by atoms with Crippen molar-refractivity contribution < 1.29 is 0 Å². The summed E-state index contributed by atoms with van der Waals surface area (Å²) in [4.78, 5) is 1.38. The summed E-state index contributed by atoms with van der Waals surface area (Å²) in [7, 11) is 1.99. The molecule has 1 N–H and O–H groups in total. The third kappa shape index (κ3) is 3.58.